The van der Waals surface area contributed by atoms with Gasteiger partial charge in [0.2, 0.25) is 0 Å². The molecule has 0 bridgehead atoms. The van der Waals surface area contributed by atoms with Gasteiger partial charge in [0.1, 0.15) is 6.04 Å². The molecule has 0 aliphatic heterocycles. The van der Waals surface area contributed by atoms with Crippen molar-refractivity contribution in [3.8, 4) is 0 Å². The van der Waals surface area contributed by atoms with Gasteiger partial charge in [0.05, 0.1) is 6.54 Å². The highest BCUT2D eigenvalue weighted by Crippen LogP contribution is 2.30. The Bertz CT molecular complexity index is 1720. The number of tetrazole rings is 1. The Morgan fingerprint density at radius 1 is 0.850 bits per heavy atom. The van der Waals surface area contributed by atoms with E-state index < -0.39 is 6.04 Å². The Hall–Kier alpha value is -4.95. The topological polar surface area (TPSA) is 92.6 Å². The van der Waals surface area contributed by atoms with Crippen LogP contribution < -0.4 is 5.56 Å². The van der Waals surface area contributed by atoms with E-state index >= 15 is 0 Å². The fraction of sp³-hybridized carbons (Fsp3) is 0.156. The van der Waals surface area contributed by atoms with Crippen LogP contribution in [0.4, 0.5) is 0 Å². The number of nitrogens with zero attached hydrogens (tertiary/aromatic N) is 6. The summed E-state index contributed by atoms with van der Waals surface area (Å²) in [6.45, 7) is 3.64. The van der Waals surface area contributed by atoms with Crippen LogP contribution in [0.3, 0.4) is 0 Å². The summed E-state index contributed by atoms with van der Waals surface area (Å²) in [5.41, 5.74) is 5.54. The van der Waals surface area contributed by atoms with E-state index in [4.69, 9.17) is 0 Å². The van der Waals surface area contributed by atoms with Crippen molar-refractivity contribution in [1.29, 1.82) is 0 Å². The van der Waals surface area contributed by atoms with Crippen LogP contribution in [0.2, 0.25) is 0 Å². The molecule has 0 saturated carbocycles. The molecule has 3 aromatic carbocycles. The zero-order valence-corrected chi connectivity index (χ0v) is 22.2. The van der Waals surface area contributed by atoms with Crippen LogP contribution in [-0.4, -0.2) is 35.1 Å². The first kappa shape index (κ1) is 25.3. The summed E-state index contributed by atoms with van der Waals surface area (Å²) in [7, 11) is 0. The molecule has 0 saturated heterocycles. The zero-order chi connectivity index (χ0) is 27.3. The highest BCUT2D eigenvalue weighted by molar-refractivity contribution is 5.79. The van der Waals surface area contributed by atoms with Crippen molar-refractivity contribution in [2.24, 2.45) is 0 Å². The molecule has 1 N–H and O–H groups in total. The average Bonchev–Trinajstić information content (AvgIpc) is 3.42. The van der Waals surface area contributed by atoms with Gasteiger partial charge in [-0.2, -0.15) is 0 Å². The monoisotopic (exact) mass is 527 g/mol. The van der Waals surface area contributed by atoms with Gasteiger partial charge >= 0.3 is 0 Å². The number of fused-ring (bicyclic) bond motifs is 1. The van der Waals surface area contributed by atoms with E-state index in [2.05, 4.69) is 48.6 Å². The van der Waals surface area contributed by atoms with Crippen LogP contribution in [0.1, 0.15) is 39.7 Å². The molecule has 0 spiro atoms. The highest BCUT2D eigenvalue weighted by atomic mass is 16.1. The average molecular weight is 528 g/mol. The van der Waals surface area contributed by atoms with Crippen molar-refractivity contribution in [3.63, 3.8) is 0 Å². The minimum absolute atomic E-state index is 0.167. The molecule has 1 atom stereocenters. The maximum atomic E-state index is 13.8. The number of hydrogen-bond donors (Lipinski definition) is 1. The fourth-order valence-electron chi connectivity index (χ4n) is 5.10. The summed E-state index contributed by atoms with van der Waals surface area (Å²) in [5, 5.41) is 13.9. The molecule has 8 nitrogen and oxygen atoms in total. The summed E-state index contributed by atoms with van der Waals surface area (Å²) in [6.07, 6.45) is 3.62. The quantitative estimate of drug-likeness (QED) is 0.283. The predicted octanol–water partition coefficient (Wildman–Crippen LogP) is 5.06. The van der Waals surface area contributed by atoms with Gasteiger partial charge in [0.15, 0.2) is 5.82 Å². The summed E-state index contributed by atoms with van der Waals surface area (Å²) in [5.74, 6) is 0.598. The minimum Gasteiger partial charge on any atom is -0.322 e. The molecule has 0 amide bonds. The second-order valence-electron chi connectivity index (χ2n) is 9.98. The first-order chi connectivity index (χ1) is 19.6. The van der Waals surface area contributed by atoms with Gasteiger partial charge in [0, 0.05) is 36.6 Å². The van der Waals surface area contributed by atoms with Crippen molar-refractivity contribution >= 4 is 10.9 Å². The van der Waals surface area contributed by atoms with Crippen LogP contribution in [-0.2, 0) is 19.6 Å². The molecule has 198 valence electrons. The van der Waals surface area contributed by atoms with Gasteiger partial charge in [-0.3, -0.25) is 14.7 Å². The van der Waals surface area contributed by atoms with E-state index in [1.807, 2.05) is 92.0 Å². The van der Waals surface area contributed by atoms with Gasteiger partial charge in [-0.1, -0.05) is 78.4 Å². The number of nitrogens with one attached hydrogen (secondary N) is 1. The third-order valence-electron chi connectivity index (χ3n) is 7.00. The highest BCUT2D eigenvalue weighted by Gasteiger charge is 2.31. The van der Waals surface area contributed by atoms with Crippen molar-refractivity contribution in [2.75, 3.05) is 0 Å². The minimum atomic E-state index is -0.534. The second-order valence-corrected chi connectivity index (χ2v) is 9.98. The molecule has 3 aromatic heterocycles. The second kappa shape index (κ2) is 11.4. The summed E-state index contributed by atoms with van der Waals surface area (Å²) in [4.78, 5) is 23.5. The van der Waals surface area contributed by atoms with Gasteiger partial charge in [-0.15, -0.1) is 5.10 Å². The van der Waals surface area contributed by atoms with Crippen LogP contribution in [0, 0.1) is 6.92 Å². The number of rotatable bonds is 9. The largest absolute Gasteiger partial charge is 0.322 e. The zero-order valence-electron chi connectivity index (χ0n) is 22.2. The first-order valence-electron chi connectivity index (χ1n) is 13.2. The van der Waals surface area contributed by atoms with E-state index in [0.29, 0.717) is 31.0 Å². The maximum absolute atomic E-state index is 13.8. The molecule has 0 aliphatic carbocycles. The van der Waals surface area contributed by atoms with Gasteiger partial charge in [-0.25, -0.2) is 4.68 Å². The number of benzene rings is 3. The van der Waals surface area contributed by atoms with Crippen LogP contribution >= 0.6 is 0 Å². The molecule has 6 rings (SSSR count). The smallest absolute Gasteiger partial charge is 0.253 e. The summed E-state index contributed by atoms with van der Waals surface area (Å²) in [6, 6.07) is 31.8. The molecule has 0 aliphatic rings. The van der Waals surface area contributed by atoms with E-state index in [9.17, 15) is 4.79 Å². The lowest BCUT2D eigenvalue weighted by Gasteiger charge is -2.31. The predicted molar refractivity (Wildman–Crippen MR) is 154 cm³/mol. The van der Waals surface area contributed by atoms with E-state index in [1.54, 1.807) is 10.9 Å². The van der Waals surface area contributed by atoms with Gasteiger partial charge in [-0.05, 0) is 63.7 Å². The third-order valence-corrected chi connectivity index (χ3v) is 7.00. The van der Waals surface area contributed by atoms with E-state index in [0.717, 1.165) is 33.2 Å². The van der Waals surface area contributed by atoms with E-state index in [1.165, 1.54) is 0 Å². The third kappa shape index (κ3) is 5.57. The Kier molecular flexibility index (Phi) is 7.24. The number of hydrogen-bond acceptors (Lipinski definition) is 6. The Labute approximate surface area is 232 Å². The molecule has 0 radical (unpaired) electrons. The molecule has 0 fully saturated rings. The lowest BCUT2D eigenvalue weighted by atomic mass is 10.0. The molecule has 3 heterocycles. The van der Waals surface area contributed by atoms with Crippen molar-refractivity contribution in [2.45, 2.75) is 32.6 Å². The van der Waals surface area contributed by atoms with Crippen molar-refractivity contribution in [3.05, 3.63) is 153 Å². The molecule has 40 heavy (non-hydrogen) atoms. The van der Waals surface area contributed by atoms with E-state index in [-0.39, 0.29) is 5.56 Å². The SMILES string of the molecule is Cc1ccc2[nH]c(=O)c(C(c3nnnn3Cc3ccccc3)N(Cc3ccccc3)Cc3cccnc3)cc2c1. The van der Waals surface area contributed by atoms with Crippen LogP contribution in [0.15, 0.2) is 114 Å². The lowest BCUT2D eigenvalue weighted by Crippen LogP contribution is -2.35. The summed E-state index contributed by atoms with van der Waals surface area (Å²) >= 11 is 0. The molecule has 1 unspecified atom stereocenters. The maximum Gasteiger partial charge on any atom is 0.253 e. The number of aromatic nitrogens is 6. The van der Waals surface area contributed by atoms with Crippen LogP contribution in [0.5, 0.6) is 0 Å². The normalized spacial score (nSPS) is 12.2. The van der Waals surface area contributed by atoms with Crippen molar-refractivity contribution in [1.82, 2.24) is 35.1 Å². The number of pyridine rings is 2. The number of H-pyrrole nitrogens is 1. The number of aromatic amines is 1. The Balaban J connectivity index is 1.53. The number of aryl methyl sites for hydroxylation is 1. The first-order valence-corrected chi connectivity index (χ1v) is 13.2. The standard InChI is InChI=1S/C32H29N7O/c1-23-14-15-29-27(17-23)18-28(32(40)34-29)30(31-35-36-37-39(31)22-25-11-6-3-7-12-25)38(20-24-9-4-2-5-10-24)21-26-13-8-16-33-19-26/h2-19,30H,20-22H2,1H3,(H,34,40). The lowest BCUT2D eigenvalue weighted by molar-refractivity contribution is 0.194. The fourth-order valence-corrected chi connectivity index (χ4v) is 5.10. The molecule has 8 heteroatoms. The Morgan fingerprint density at radius 3 is 2.33 bits per heavy atom. The van der Waals surface area contributed by atoms with Gasteiger partial charge < -0.3 is 4.98 Å². The van der Waals surface area contributed by atoms with Crippen LogP contribution in [0.25, 0.3) is 10.9 Å². The summed E-state index contributed by atoms with van der Waals surface area (Å²) < 4.78 is 1.79. The van der Waals surface area contributed by atoms with Crippen molar-refractivity contribution < 1.29 is 0 Å². The van der Waals surface area contributed by atoms with Gasteiger partial charge in [0.25, 0.3) is 5.56 Å². The molecule has 6 aromatic rings. The molecular formula is C32H29N7O. The molecular weight excluding hydrogens is 498 g/mol. The Morgan fingerprint density at radius 2 is 1.57 bits per heavy atom.